The Morgan fingerprint density at radius 2 is 2.11 bits per heavy atom. The van der Waals surface area contributed by atoms with Crippen LogP contribution >= 0.6 is 11.3 Å². The maximum Gasteiger partial charge on any atom is 0.433 e. The summed E-state index contributed by atoms with van der Waals surface area (Å²) in [5.74, 6) is -0.374. The van der Waals surface area contributed by atoms with Gasteiger partial charge in [0.05, 0.1) is 5.51 Å². The van der Waals surface area contributed by atoms with Gasteiger partial charge in [0.25, 0.3) is 5.91 Å². The zero-order chi connectivity index (χ0) is 13.9. The second-order valence-electron chi connectivity index (χ2n) is 3.61. The number of thiazole rings is 1. The van der Waals surface area contributed by atoms with Crippen molar-refractivity contribution in [2.24, 2.45) is 0 Å². The van der Waals surface area contributed by atoms with Crippen molar-refractivity contribution in [1.82, 2.24) is 15.3 Å². The van der Waals surface area contributed by atoms with E-state index in [1.807, 2.05) is 0 Å². The summed E-state index contributed by atoms with van der Waals surface area (Å²) in [6.45, 7) is 0.0987. The third-order valence-electron chi connectivity index (χ3n) is 2.23. The van der Waals surface area contributed by atoms with E-state index in [0.29, 0.717) is 5.56 Å². The van der Waals surface area contributed by atoms with Gasteiger partial charge in [0, 0.05) is 18.1 Å². The van der Waals surface area contributed by atoms with Gasteiger partial charge >= 0.3 is 6.18 Å². The molecule has 2 rings (SSSR count). The molecule has 2 heterocycles. The average Bonchev–Trinajstić information content (AvgIpc) is 2.89. The Labute approximate surface area is 110 Å². The summed E-state index contributed by atoms with van der Waals surface area (Å²) >= 11 is 1.28. The minimum atomic E-state index is -4.46. The van der Waals surface area contributed by atoms with Crippen molar-refractivity contribution in [3.05, 3.63) is 46.2 Å². The monoisotopic (exact) mass is 287 g/mol. The predicted molar refractivity (Wildman–Crippen MR) is 62.5 cm³/mol. The molecule has 4 nitrogen and oxygen atoms in total. The van der Waals surface area contributed by atoms with E-state index < -0.39 is 11.9 Å². The number of carbonyl (C=O) groups excluding carboxylic acids is 1. The van der Waals surface area contributed by atoms with Crippen LogP contribution in [0.5, 0.6) is 0 Å². The average molecular weight is 287 g/mol. The molecule has 0 bridgehead atoms. The number of amides is 1. The third-order valence-corrected chi connectivity index (χ3v) is 2.82. The summed E-state index contributed by atoms with van der Waals surface area (Å²) in [6.07, 6.45) is -3.37. The summed E-state index contributed by atoms with van der Waals surface area (Å²) < 4.78 is 36.8. The number of carbonyl (C=O) groups is 1. The number of nitrogens with zero attached hydrogens (tertiary/aromatic N) is 2. The van der Waals surface area contributed by atoms with Crippen molar-refractivity contribution in [3.8, 4) is 0 Å². The minimum Gasteiger partial charge on any atom is -0.347 e. The molecule has 19 heavy (non-hydrogen) atoms. The standard InChI is InChI=1S/C11H8F3N3OS/c12-11(13,14)9-2-1-7(3-15-9)4-16-10(18)8-5-19-6-17-8/h1-3,5-6H,4H2,(H,16,18). The molecular weight excluding hydrogens is 279 g/mol. The van der Waals surface area contributed by atoms with Gasteiger partial charge in [-0.3, -0.25) is 9.78 Å². The number of rotatable bonds is 3. The smallest absolute Gasteiger partial charge is 0.347 e. The third kappa shape index (κ3) is 3.50. The Kier molecular flexibility index (Phi) is 3.79. The molecule has 0 aliphatic heterocycles. The molecule has 1 amide bonds. The second-order valence-corrected chi connectivity index (χ2v) is 4.32. The normalized spacial score (nSPS) is 11.3. The van der Waals surface area contributed by atoms with Gasteiger partial charge in [0.2, 0.25) is 0 Å². The van der Waals surface area contributed by atoms with Gasteiger partial charge in [-0.15, -0.1) is 11.3 Å². The summed E-state index contributed by atoms with van der Waals surface area (Å²) in [5, 5.41) is 4.13. The van der Waals surface area contributed by atoms with Gasteiger partial charge in [-0.05, 0) is 11.6 Å². The summed E-state index contributed by atoms with van der Waals surface area (Å²) in [4.78, 5) is 18.7. The fourth-order valence-electron chi connectivity index (χ4n) is 1.29. The molecule has 1 N–H and O–H groups in total. The first-order chi connectivity index (χ1) is 8.97. The molecule has 0 saturated carbocycles. The fraction of sp³-hybridized carbons (Fsp3) is 0.182. The summed E-state index contributed by atoms with van der Waals surface area (Å²) in [6, 6.07) is 2.15. The SMILES string of the molecule is O=C(NCc1ccc(C(F)(F)F)nc1)c1cscn1. The highest BCUT2D eigenvalue weighted by molar-refractivity contribution is 7.07. The largest absolute Gasteiger partial charge is 0.433 e. The Hall–Kier alpha value is -1.96. The van der Waals surface area contributed by atoms with Crippen molar-refractivity contribution in [3.63, 3.8) is 0 Å². The number of nitrogens with one attached hydrogen (secondary N) is 1. The first-order valence-corrected chi connectivity index (χ1v) is 6.09. The molecular formula is C11H8F3N3OS. The van der Waals surface area contributed by atoms with Crippen molar-refractivity contribution in [1.29, 1.82) is 0 Å². The highest BCUT2D eigenvalue weighted by Gasteiger charge is 2.31. The first-order valence-electron chi connectivity index (χ1n) is 5.15. The molecule has 2 aromatic heterocycles. The molecule has 0 spiro atoms. The van der Waals surface area contributed by atoms with Crippen LogP contribution in [0.3, 0.4) is 0 Å². The maximum absolute atomic E-state index is 12.3. The van der Waals surface area contributed by atoms with Crippen LogP contribution in [0.15, 0.2) is 29.2 Å². The molecule has 0 saturated heterocycles. The molecule has 0 aromatic carbocycles. The van der Waals surface area contributed by atoms with E-state index in [-0.39, 0.29) is 18.1 Å². The van der Waals surface area contributed by atoms with E-state index in [9.17, 15) is 18.0 Å². The topological polar surface area (TPSA) is 54.9 Å². The van der Waals surface area contributed by atoms with Crippen molar-refractivity contribution in [2.45, 2.75) is 12.7 Å². The highest BCUT2D eigenvalue weighted by atomic mass is 32.1. The zero-order valence-corrected chi connectivity index (χ0v) is 10.3. The lowest BCUT2D eigenvalue weighted by Crippen LogP contribution is -2.23. The quantitative estimate of drug-likeness (QED) is 0.943. The molecule has 100 valence electrons. The lowest BCUT2D eigenvalue weighted by atomic mass is 10.2. The maximum atomic E-state index is 12.3. The second kappa shape index (κ2) is 5.35. The van der Waals surface area contributed by atoms with Crippen LogP contribution < -0.4 is 5.32 Å². The molecule has 0 atom stereocenters. The molecule has 8 heteroatoms. The summed E-state index contributed by atoms with van der Waals surface area (Å²) in [5.41, 5.74) is 1.33. The van der Waals surface area contributed by atoms with Crippen molar-refractivity contribution in [2.75, 3.05) is 0 Å². The Morgan fingerprint density at radius 1 is 1.32 bits per heavy atom. The molecule has 2 aromatic rings. The Morgan fingerprint density at radius 3 is 2.63 bits per heavy atom. The lowest BCUT2D eigenvalue weighted by molar-refractivity contribution is -0.141. The van der Waals surface area contributed by atoms with Crippen LogP contribution in [0.4, 0.5) is 13.2 Å². The van der Waals surface area contributed by atoms with Crippen LogP contribution in [0.2, 0.25) is 0 Å². The molecule has 0 fully saturated rings. The van der Waals surface area contributed by atoms with Crippen molar-refractivity contribution < 1.29 is 18.0 Å². The van der Waals surface area contributed by atoms with Crippen LogP contribution in [-0.2, 0) is 12.7 Å². The van der Waals surface area contributed by atoms with Crippen molar-refractivity contribution >= 4 is 17.2 Å². The van der Waals surface area contributed by atoms with Gasteiger partial charge in [0.15, 0.2) is 0 Å². The zero-order valence-electron chi connectivity index (χ0n) is 9.44. The van der Waals surface area contributed by atoms with Gasteiger partial charge in [-0.1, -0.05) is 6.07 Å². The number of hydrogen-bond donors (Lipinski definition) is 1. The van der Waals surface area contributed by atoms with Gasteiger partial charge in [0.1, 0.15) is 11.4 Å². The number of hydrogen-bond acceptors (Lipinski definition) is 4. The fourth-order valence-corrected chi connectivity index (χ4v) is 1.83. The van der Waals surface area contributed by atoms with E-state index in [0.717, 1.165) is 12.3 Å². The first kappa shape index (κ1) is 13.5. The lowest BCUT2D eigenvalue weighted by Gasteiger charge is -2.07. The number of alkyl halides is 3. The molecule has 0 radical (unpaired) electrons. The van der Waals surface area contributed by atoms with Crippen LogP contribution in [-0.4, -0.2) is 15.9 Å². The summed E-state index contributed by atoms with van der Waals surface area (Å²) in [7, 11) is 0. The van der Waals surface area contributed by atoms with Gasteiger partial charge in [-0.2, -0.15) is 13.2 Å². The minimum absolute atomic E-state index is 0.0987. The molecule has 0 aliphatic rings. The molecule has 0 unspecified atom stereocenters. The molecule has 0 aliphatic carbocycles. The number of aromatic nitrogens is 2. The van der Waals surface area contributed by atoms with Gasteiger partial charge in [-0.25, -0.2) is 4.98 Å². The van der Waals surface area contributed by atoms with Crippen LogP contribution in [0.25, 0.3) is 0 Å². The van der Waals surface area contributed by atoms with Crippen LogP contribution in [0.1, 0.15) is 21.7 Å². The van der Waals surface area contributed by atoms with Gasteiger partial charge < -0.3 is 5.32 Å². The highest BCUT2D eigenvalue weighted by Crippen LogP contribution is 2.27. The Balaban J connectivity index is 1.95. The van der Waals surface area contributed by atoms with E-state index in [1.165, 1.54) is 22.9 Å². The van der Waals surface area contributed by atoms with E-state index >= 15 is 0 Å². The van der Waals surface area contributed by atoms with E-state index in [1.54, 1.807) is 5.38 Å². The van der Waals surface area contributed by atoms with E-state index in [4.69, 9.17) is 0 Å². The Bertz CT molecular complexity index is 552. The van der Waals surface area contributed by atoms with E-state index in [2.05, 4.69) is 15.3 Å². The van der Waals surface area contributed by atoms with Crippen LogP contribution in [0, 0.1) is 0 Å². The number of pyridine rings is 1. The number of halogens is 3. The predicted octanol–water partition coefficient (Wildman–Crippen LogP) is 2.49.